The fourth-order valence-electron chi connectivity index (χ4n) is 5.99. The first-order valence-corrected chi connectivity index (χ1v) is 11.3. The largest absolute Gasteiger partial charge is 0.505 e. The molecule has 0 bridgehead atoms. The highest BCUT2D eigenvalue weighted by molar-refractivity contribution is 6.23. The van der Waals surface area contributed by atoms with Crippen molar-refractivity contribution in [1.82, 2.24) is 4.90 Å². The number of phenols is 1. The van der Waals surface area contributed by atoms with E-state index in [0.717, 1.165) is 6.07 Å². The number of para-hydroxylation sites is 1. The molecule has 170 valence electrons. The number of hydrogen-bond donors (Lipinski definition) is 1. The number of halogens is 1. The molecular formula is C26H24FNO5. The second-order valence-electron chi connectivity index (χ2n) is 9.23. The molecule has 1 fully saturated rings. The van der Waals surface area contributed by atoms with Crippen LogP contribution in [-0.4, -0.2) is 39.9 Å². The molecule has 6 nitrogen and oxygen atoms in total. The Balaban J connectivity index is 1.70. The second-order valence-corrected chi connectivity index (χ2v) is 9.23. The summed E-state index contributed by atoms with van der Waals surface area (Å²) in [5.74, 6) is -4.95. The maximum atomic E-state index is 14.3. The third kappa shape index (κ3) is 2.98. The number of carbonyl (C=O) groups is 4. The number of carbonyl (C=O) groups excluding carboxylic acids is 4. The van der Waals surface area contributed by atoms with Crippen LogP contribution in [0, 0.1) is 23.6 Å². The van der Waals surface area contributed by atoms with E-state index < -0.39 is 35.2 Å². The Labute approximate surface area is 190 Å². The zero-order valence-electron chi connectivity index (χ0n) is 18.4. The van der Waals surface area contributed by atoms with E-state index in [1.807, 2.05) is 13.0 Å². The molecule has 5 rings (SSSR count). The van der Waals surface area contributed by atoms with Crippen LogP contribution in [0.4, 0.5) is 4.39 Å². The van der Waals surface area contributed by atoms with Crippen molar-refractivity contribution >= 4 is 23.4 Å². The zero-order valence-corrected chi connectivity index (χ0v) is 18.4. The van der Waals surface area contributed by atoms with Crippen LogP contribution in [0.15, 0.2) is 52.6 Å². The summed E-state index contributed by atoms with van der Waals surface area (Å²) in [6.45, 7) is 3.80. The summed E-state index contributed by atoms with van der Waals surface area (Å²) in [6, 6.07) is 4.12. The molecule has 2 amide bonds. The standard InChI is InChI=1S/C26H24FNO5/c1-3-9-28-25(32)15-8-7-13-16(21(15)26(28)33)11-17-19(29)10-12(2)23(30)22(17)20(13)14-5-4-6-18(27)24(14)31/h4-7,10,15-16,20-21,31H,3,8-9,11H2,1-2H3. The summed E-state index contributed by atoms with van der Waals surface area (Å²) < 4.78 is 14.3. The van der Waals surface area contributed by atoms with Gasteiger partial charge in [-0.25, -0.2) is 4.39 Å². The number of hydrogen-bond acceptors (Lipinski definition) is 5. The maximum Gasteiger partial charge on any atom is 0.233 e. The highest BCUT2D eigenvalue weighted by Gasteiger charge is 2.56. The summed E-state index contributed by atoms with van der Waals surface area (Å²) in [5.41, 5.74) is 1.70. The summed E-state index contributed by atoms with van der Waals surface area (Å²) >= 11 is 0. The van der Waals surface area contributed by atoms with Gasteiger partial charge in [0.15, 0.2) is 23.1 Å². The number of aromatic hydroxyl groups is 1. The van der Waals surface area contributed by atoms with Crippen LogP contribution in [0.5, 0.6) is 5.75 Å². The van der Waals surface area contributed by atoms with Gasteiger partial charge in [-0.05, 0) is 44.2 Å². The van der Waals surface area contributed by atoms with Crippen molar-refractivity contribution in [1.29, 1.82) is 0 Å². The van der Waals surface area contributed by atoms with E-state index in [-0.39, 0.29) is 52.1 Å². The molecule has 3 aliphatic carbocycles. The number of amides is 2. The number of imide groups is 1. The zero-order chi connectivity index (χ0) is 23.6. The summed E-state index contributed by atoms with van der Waals surface area (Å²) in [5, 5.41) is 10.6. The molecule has 1 saturated heterocycles. The molecule has 0 spiro atoms. The minimum atomic E-state index is -0.848. The number of nitrogens with zero attached hydrogens (tertiary/aromatic N) is 1. The van der Waals surface area contributed by atoms with E-state index in [2.05, 4.69) is 0 Å². The molecule has 4 unspecified atom stereocenters. The molecule has 1 aromatic carbocycles. The van der Waals surface area contributed by atoms with Gasteiger partial charge in [-0.1, -0.05) is 30.7 Å². The van der Waals surface area contributed by atoms with Gasteiger partial charge in [0.2, 0.25) is 11.8 Å². The van der Waals surface area contributed by atoms with Crippen molar-refractivity contribution in [2.75, 3.05) is 6.54 Å². The Bertz CT molecular complexity index is 1220. The highest BCUT2D eigenvalue weighted by atomic mass is 19.1. The number of Topliss-reactive ketones (excluding diaryl/α,β-unsaturated/α-hetero) is 1. The predicted molar refractivity (Wildman–Crippen MR) is 116 cm³/mol. The van der Waals surface area contributed by atoms with Crippen LogP contribution >= 0.6 is 0 Å². The van der Waals surface area contributed by atoms with Crippen molar-refractivity contribution in [3.8, 4) is 5.75 Å². The van der Waals surface area contributed by atoms with Gasteiger partial charge in [-0.3, -0.25) is 24.1 Å². The molecule has 4 atom stereocenters. The number of ketones is 2. The molecule has 0 aromatic heterocycles. The summed E-state index contributed by atoms with van der Waals surface area (Å²) in [6.07, 6.45) is 4.30. The minimum absolute atomic E-state index is 0.169. The van der Waals surface area contributed by atoms with Crippen LogP contribution in [0.1, 0.15) is 44.6 Å². The maximum absolute atomic E-state index is 14.3. The number of benzene rings is 1. The van der Waals surface area contributed by atoms with Crippen LogP contribution < -0.4 is 0 Å². The van der Waals surface area contributed by atoms with Crippen LogP contribution in [0.25, 0.3) is 0 Å². The molecule has 0 saturated carbocycles. The third-order valence-electron chi connectivity index (χ3n) is 7.43. The summed E-state index contributed by atoms with van der Waals surface area (Å²) in [7, 11) is 0. The average molecular weight is 449 g/mol. The first kappa shape index (κ1) is 21.5. The normalized spacial score (nSPS) is 29.0. The lowest BCUT2D eigenvalue weighted by Crippen LogP contribution is -2.40. The number of likely N-dealkylation sites (tertiary alicyclic amines) is 1. The molecule has 7 heteroatoms. The quantitative estimate of drug-likeness (QED) is 0.434. The monoisotopic (exact) mass is 449 g/mol. The van der Waals surface area contributed by atoms with Gasteiger partial charge in [0, 0.05) is 34.7 Å². The van der Waals surface area contributed by atoms with Crippen molar-refractivity contribution in [3.63, 3.8) is 0 Å². The van der Waals surface area contributed by atoms with Gasteiger partial charge in [0.1, 0.15) is 0 Å². The number of phenolic OH excluding ortho intramolecular Hbond substituents is 1. The molecule has 1 heterocycles. The number of allylic oxidation sites excluding steroid dienone is 6. The lowest BCUT2D eigenvalue weighted by atomic mass is 9.59. The highest BCUT2D eigenvalue weighted by Crippen LogP contribution is 2.56. The smallest absolute Gasteiger partial charge is 0.233 e. The fraction of sp³-hybridized carbons (Fsp3) is 0.385. The Morgan fingerprint density at radius 2 is 1.88 bits per heavy atom. The first-order valence-electron chi connectivity index (χ1n) is 11.3. The number of rotatable bonds is 3. The Hall–Kier alpha value is -3.35. The van der Waals surface area contributed by atoms with E-state index >= 15 is 0 Å². The van der Waals surface area contributed by atoms with E-state index in [0.29, 0.717) is 25.0 Å². The predicted octanol–water partition coefficient (Wildman–Crippen LogP) is 3.37. The Kier molecular flexibility index (Phi) is 4.96. The summed E-state index contributed by atoms with van der Waals surface area (Å²) in [4.78, 5) is 53.8. The van der Waals surface area contributed by atoms with E-state index in [4.69, 9.17) is 0 Å². The van der Waals surface area contributed by atoms with Crippen molar-refractivity contribution in [2.24, 2.45) is 17.8 Å². The first-order chi connectivity index (χ1) is 15.8. The van der Waals surface area contributed by atoms with Gasteiger partial charge in [-0.2, -0.15) is 0 Å². The molecule has 1 N–H and O–H groups in total. The second kappa shape index (κ2) is 7.61. The van der Waals surface area contributed by atoms with Crippen molar-refractivity contribution in [3.05, 3.63) is 64.0 Å². The molecule has 1 aliphatic heterocycles. The molecule has 4 aliphatic rings. The van der Waals surface area contributed by atoms with Gasteiger partial charge in [0.25, 0.3) is 0 Å². The lowest BCUT2D eigenvalue weighted by molar-refractivity contribution is -0.140. The third-order valence-corrected chi connectivity index (χ3v) is 7.43. The van der Waals surface area contributed by atoms with Crippen molar-refractivity contribution < 1.29 is 28.7 Å². The van der Waals surface area contributed by atoms with E-state index in [9.17, 15) is 28.7 Å². The SMILES string of the molecule is CCCN1C(=O)C2CC=C3C(c4cccc(F)c4O)C4=C(CC3C2C1=O)C(=O)C=C(C)C4=O. The Morgan fingerprint density at radius 1 is 1.12 bits per heavy atom. The van der Waals surface area contributed by atoms with Gasteiger partial charge < -0.3 is 5.11 Å². The van der Waals surface area contributed by atoms with Crippen LogP contribution in [-0.2, 0) is 19.2 Å². The molecule has 33 heavy (non-hydrogen) atoms. The lowest BCUT2D eigenvalue weighted by Gasteiger charge is -2.42. The molecule has 0 radical (unpaired) electrons. The topological polar surface area (TPSA) is 91.8 Å². The van der Waals surface area contributed by atoms with Gasteiger partial charge in [0.05, 0.1) is 11.8 Å². The van der Waals surface area contributed by atoms with E-state index in [1.54, 1.807) is 13.0 Å². The van der Waals surface area contributed by atoms with E-state index in [1.165, 1.54) is 17.0 Å². The fourth-order valence-corrected chi connectivity index (χ4v) is 5.99. The van der Waals surface area contributed by atoms with Crippen LogP contribution in [0.3, 0.4) is 0 Å². The minimum Gasteiger partial charge on any atom is -0.505 e. The number of fused-ring (bicyclic) bond motifs is 3. The van der Waals surface area contributed by atoms with Gasteiger partial charge in [-0.15, -0.1) is 0 Å². The molecule has 1 aromatic rings. The Morgan fingerprint density at radius 3 is 2.61 bits per heavy atom. The van der Waals surface area contributed by atoms with Crippen molar-refractivity contribution in [2.45, 2.75) is 39.0 Å². The van der Waals surface area contributed by atoms with Gasteiger partial charge >= 0.3 is 0 Å². The van der Waals surface area contributed by atoms with Crippen LogP contribution in [0.2, 0.25) is 0 Å². The average Bonchev–Trinajstić information content (AvgIpc) is 3.03. The molecular weight excluding hydrogens is 425 g/mol.